The molecule has 2 aromatic heterocycles. The number of aromatic nitrogens is 3. The summed E-state index contributed by atoms with van der Waals surface area (Å²) in [4.78, 5) is 11.1. The molecule has 2 aromatic rings. The van der Waals surface area contributed by atoms with E-state index in [1.807, 2.05) is 19.4 Å². The Morgan fingerprint density at radius 3 is 2.80 bits per heavy atom. The molecule has 0 unspecified atom stereocenters. The summed E-state index contributed by atoms with van der Waals surface area (Å²) in [5.74, 6) is 2.31. The number of oxazole rings is 1. The minimum Gasteiger partial charge on any atom is -0.448 e. The number of hydrogen-bond acceptors (Lipinski definition) is 4. The van der Waals surface area contributed by atoms with Crippen LogP contribution in [0.15, 0.2) is 23.1 Å². The molecule has 0 amide bonds. The van der Waals surface area contributed by atoms with E-state index in [9.17, 15) is 0 Å². The van der Waals surface area contributed by atoms with Crippen LogP contribution in [0.5, 0.6) is 0 Å². The third-order valence-electron chi connectivity index (χ3n) is 3.36. The predicted octanol–water partition coefficient (Wildman–Crippen LogP) is 2.60. The highest BCUT2D eigenvalue weighted by Gasteiger charge is 2.09. The Kier molecular flexibility index (Phi) is 4.95. The molecule has 5 heteroatoms. The molecule has 0 N–H and O–H groups in total. The van der Waals surface area contributed by atoms with Crippen LogP contribution in [0.25, 0.3) is 0 Å². The van der Waals surface area contributed by atoms with Crippen molar-refractivity contribution < 1.29 is 4.42 Å². The second-order valence-electron chi connectivity index (χ2n) is 5.63. The van der Waals surface area contributed by atoms with Gasteiger partial charge in [0.25, 0.3) is 0 Å². The second kappa shape index (κ2) is 6.70. The van der Waals surface area contributed by atoms with Crippen LogP contribution in [0.2, 0.25) is 0 Å². The highest BCUT2D eigenvalue weighted by molar-refractivity contribution is 4.99. The molecule has 110 valence electrons. The number of imidazole rings is 1. The molecule has 0 saturated carbocycles. The minimum absolute atomic E-state index is 0.345. The molecule has 0 aliphatic rings. The minimum atomic E-state index is 0.345. The van der Waals surface area contributed by atoms with Crippen LogP contribution in [-0.2, 0) is 20.0 Å². The Labute approximate surface area is 120 Å². The molecule has 20 heavy (non-hydrogen) atoms. The van der Waals surface area contributed by atoms with Crippen molar-refractivity contribution in [3.8, 4) is 0 Å². The van der Waals surface area contributed by atoms with Gasteiger partial charge in [0.2, 0.25) is 0 Å². The van der Waals surface area contributed by atoms with Crippen molar-refractivity contribution in [3.05, 3.63) is 36.1 Å². The Morgan fingerprint density at radius 1 is 1.40 bits per heavy atom. The van der Waals surface area contributed by atoms with Crippen molar-refractivity contribution in [1.29, 1.82) is 0 Å². The van der Waals surface area contributed by atoms with Crippen molar-refractivity contribution in [2.45, 2.75) is 39.2 Å². The first-order chi connectivity index (χ1) is 9.56. The zero-order valence-electron chi connectivity index (χ0n) is 12.8. The summed E-state index contributed by atoms with van der Waals surface area (Å²) in [6.45, 7) is 6.03. The van der Waals surface area contributed by atoms with Gasteiger partial charge in [-0.1, -0.05) is 13.8 Å². The summed E-state index contributed by atoms with van der Waals surface area (Å²) in [5, 5.41) is 0. The average Bonchev–Trinajstić information content (AvgIpc) is 2.99. The van der Waals surface area contributed by atoms with Crippen molar-refractivity contribution >= 4 is 0 Å². The van der Waals surface area contributed by atoms with E-state index >= 15 is 0 Å². The lowest BCUT2D eigenvalue weighted by Gasteiger charge is -2.14. The van der Waals surface area contributed by atoms with Gasteiger partial charge in [-0.2, -0.15) is 0 Å². The van der Waals surface area contributed by atoms with Crippen molar-refractivity contribution in [3.63, 3.8) is 0 Å². The Hall–Kier alpha value is -1.62. The predicted molar refractivity (Wildman–Crippen MR) is 78.5 cm³/mol. The highest BCUT2D eigenvalue weighted by atomic mass is 16.3. The normalized spacial score (nSPS) is 11.7. The third kappa shape index (κ3) is 3.93. The molecule has 0 bridgehead atoms. The van der Waals surface area contributed by atoms with E-state index in [4.69, 9.17) is 4.42 Å². The van der Waals surface area contributed by atoms with Gasteiger partial charge < -0.3 is 13.9 Å². The highest BCUT2D eigenvalue weighted by Crippen LogP contribution is 2.14. The molecule has 0 fully saturated rings. The molecular weight excluding hydrogens is 252 g/mol. The maximum Gasteiger partial charge on any atom is 0.196 e. The zero-order valence-corrected chi connectivity index (χ0v) is 12.8. The fraction of sp³-hybridized carbons (Fsp3) is 0.600. The summed E-state index contributed by atoms with van der Waals surface area (Å²) in [6, 6.07) is 0. The van der Waals surface area contributed by atoms with Crippen molar-refractivity contribution in [1.82, 2.24) is 19.4 Å². The summed E-state index contributed by atoms with van der Waals surface area (Å²) in [5.41, 5.74) is 1.01. The fourth-order valence-corrected chi connectivity index (χ4v) is 2.16. The first-order valence-electron chi connectivity index (χ1n) is 7.15. The lowest BCUT2D eigenvalue weighted by molar-refractivity contribution is 0.316. The molecule has 5 nitrogen and oxygen atoms in total. The molecule has 0 saturated heterocycles. The van der Waals surface area contributed by atoms with Gasteiger partial charge in [0.15, 0.2) is 5.89 Å². The number of hydrogen-bond donors (Lipinski definition) is 0. The molecule has 0 aromatic carbocycles. The topological polar surface area (TPSA) is 47.1 Å². The standard InChI is InChI=1S/C15H24N4O/c1-12(2)15-17-13(11-20-15)10-18(3)8-5-6-14-16-7-9-19(14)4/h7,9,11-12H,5-6,8,10H2,1-4H3. The first kappa shape index (κ1) is 14.8. The van der Waals surface area contributed by atoms with Gasteiger partial charge >= 0.3 is 0 Å². The van der Waals surface area contributed by atoms with Crippen LogP contribution < -0.4 is 0 Å². The monoisotopic (exact) mass is 276 g/mol. The van der Waals surface area contributed by atoms with E-state index in [-0.39, 0.29) is 0 Å². The first-order valence-corrected chi connectivity index (χ1v) is 7.15. The van der Waals surface area contributed by atoms with E-state index < -0.39 is 0 Å². The van der Waals surface area contributed by atoms with Crippen LogP contribution in [0, 0.1) is 0 Å². The van der Waals surface area contributed by atoms with Crippen molar-refractivity contribution in [2.75, 3.05) is 13.6 Å². The average molecular weight is 276 g/mol. The fourth-order valence-electron chi connectivity index (χ4n) is 2.16. The Balaban J connectivity index is 1.74. The van der Waals surface area contributed by atoms with E-state index in [1.54, 1.807) is 6.26 Å². The lowest BCUT2D eigenvalue weighted by Crippen LogP contribution is -2.20. The second-order valence-corrected chi connectivity index (χ2v) is 5.63. The molecule has 0 spiro atoms. The van der Waals surface area contributed by atoms with Gasteiger partial charge in [-0.25, -0.2) is 9.97 Å². The Morgan fingerprint density at radius 2 is 2.20 bits per heavy atom. The lowest BCUT2D eigenvalue weighted by atomic mass is 10.2. The largest absolute Gasteiger partial charge is 0.448 e. The van der Waals surface area contributed by atoms with Gasteiger partial charge in [0, 0.05) is 38.3 Å². The third-order valence-corrected chi connectivity index (χ3v) is 3.36. The van der Waals surface area contributed by atoms with Crippen molar-refractivity contribution in [2.24, 2.45) is 7.05 Å². The summed E-state index contributed by atoms with van der Waals surface area (Å²) < 4.78 is 7.53. The number of rotatable bonds is 7. The van der Waals surface area contributed by atoms with Crippen LogP contribution in [0.3, 0.4) is 0 Å². The van der Waals surface area contributed by atoms with Crippen LogP contribution in [0.4, 0.5) is 0 Å². The van der Waals surface area contributed by atoms with E-state index in [2.05, 4.69) is 40.3 Å². The van der Waals surface area contributed by atoms with Gasteiger partial charge in [-0.05, 0) is 20.0 Å². The molecule has 0 atom stereocenters. The van der Waals surface area contributed by atoms with Crippen LogP contribution >= 0.6 is 0 Å². The van der Waals surface area contributed by atoms with E-state index in [0.29, 0.717) is 5.92 Å². The summed E-state index contributed by atoms with van der Waals surface area (Å²) >= 11 is 0. The smallest absolute Gasteiger partial charge is 0.196 e. The SMILES string of the molecule is CC(C)c1nc(CN(C)CCCc2nccn2C)co1. The van der Waals surface area contributed by atoms with E-state index in [1.165, 1.54) is 0 Å². The quantitative estimate of drug-likeness (QED) is 0.780. The van der Waals surface area contributed by atoms with Gasteiger partial charge in [-0.15, -0.1) is 0 Å². The van der Waals surface area contributed by atoms with Crippen LogP contribution in [-0.4, -0.2) is 33.0 Å². The maximum atomic E-state index is 5.45. The number of aryl methyl sites for hydroxylation is 2. The number of nitrogens with zero attached hydrogens (tertiary/aromatic N) is 4. The summed E-state index contributed by atoms with van der Waals surface area (Å²) in [6.07, 6.45) is 7.70. The Bertz CT molecular complexity index is 529. The molecular formula is C15H24N4O. The molecule has 2 heterocycles. The summed E-state index contributed by atoms with van der Waals surface area (Å²) in [7, 11) is 4.15. The van der Waals surface area contributed by atoms with Gasteiger partial charge in [0.05, 0.1) is 5.69 Å². The van der Waals surface area contributed by atoms with Gasteiger partial charge in [0.1, 0.15) is 12.1 Å². The van der Waals surface area contributed by atoms with E-state index in [0.717, 1.165) is 43.3 Å². The van der Waals surface area contributed by atoms with Gasteiger partial charge in [-0.3, -0.25) is 0 Å². The molecule has 2 rings (SSSR count). The molecule has 0 aliphatic carbocycles. The maximum absolute atomic E-state index is 5.45. The molecule has 0 aliphatic heterocycles. The molecule has 0 radical (unpaired) electrons. The zero-order chi connectivity index (χ0) is 14.5. The van der Waals surface area contributed by atoms with Crippen LogP contribution in [0.1, 0.15) is 43.6 Å².